The number of halogens is 3. The van der Waals surface area contributed by atoms with E-state index in [0.29, 0.717) is 5.75 Å². The van der Waals surface area contributed by atoms with Crippen LogP contribution >= 0.6 is 47.8 Å². The molecule has 20 heavy (non-hydrogen) atoms. The third-order valence-electron chi connectivity index (χ3n) is 3.01. The van der Waals surface area contributed by atoms with Gasteiger partial charge in [-0.1, -0.05) is 47.8 Å². The minimum Gasteiger partial charge on any atom is -0.496 e. The van der Waals surface area contributed by atoms with Crippen LogP contribution in [0.3, 0.4) is 0 Å². The molecule has 0 saturated heterocycles. The average Bonchev–Trinajstić information content (AvgIpc) is 2.39. The van der Waals surface area contributed by atoms with Crippen LogP contribution in [0.2, 0.25) is 0 Å². The molecule has 0 amide bonds. The number of hydrogen-bond donors (Lipinski definition) is 1. The molecule has 1 atom stereocenters. The van der Waals surface area contributed by atoms with E-state index in [1.54, 1.807) is 7.11 Å². The minimum atomic E-state index is -0.754. The fourth-order valence-electron chi connectivity index (χ4n) is 1.97. The molecule has 0 saturated carbocycles. The molecule has 0 aliphatic carbocycles. The molecule has 5 heteroatoms. The van der Waals surface area contributed by atoms with E-state index >= 15 is 0 Å². The van der Waals surface area contributed by atoms with Gasteiger partial charge in [0.15, 0.2) is 0 Å². The summed E-state index contributed by atoms with van der Waals surface area (Å²) >= 11 is 10.4. The predicted molar refractivity (Wildman–Crippen MR) is 91.3 cm³/mol. The number of rotatable bonds is 3. The van der Waals surface area contributed by atoms with E-state index in [4.69, 9.17) is 4.74 Å². The number of aliphatic hydroxyl groups excluding tert-OH is 1. The van der Waals surface area contributed by atoms with Crippen molar-refractivity contribution in [3.63, 3.8) is 0 Å². The highest BCUT2D eigenvalue weighted by molar-refractivity contribution is 9.11. The van der Waals surface area contributed by atoms with Gasteiger partial charge >= 0.3 is 0 Å². The van der Waals surface area contributed by atoms with Crippen LogP contribution < -0.4 is 4.74 Å². The molecule has 1 unspecified atom stereocenters. The van der Waals surface area contributed by atoms with Crippen molar-refractivity contribution in [3.05, 3.63) is 60.4 Å². The third-order valence-corrected chi connectivity index (χ3v) is 4.78. The highest BCUT2D eigenvalue weighted by Crippen LogP contribution is 2.36. The van der Waals surface area contributed by atoms with Crippen LogP contribution in [0.25, 0.3) is 0 Å². The van der Waals surface area contributed by atoms with Gasteiger partial charge in [-0.05, 0) is 48.4 Å². The Labute approximate surface area is 143 Å². The first kappa shape index (κ1) is 16.0. The lowest BCUT2D eigenvalue weighted by molar-refractivity contribution is 0.214. The van der Waals surface area contributed by atoms with Crippen LogP contribution in [-0.4, -0.2) is 12.2 Å². The van der Waals surface area contributed by atoms with E-state index in [2.05, 4.69) is 47.8 Å². The smallest absolute Gasteiger partial charge is 0.125 e. The summed E-state index contributed by atoms with van der Waals surface area (Å²) in [7, 11) is 1.61. The van der Waals surface area contributed by atoms with Gasteiger partial charge in [0.1, 0.15) is 11.9 Å². The van der Waals surface area contributed by atoms with Gasteiger partial charge in [0.2, 0.25) is 0 Å². The van der Waals surface area contributed by atoms with Crippen LogP contribution in [0, 0.1) is 6.92 Å². The highest BCUT2D eigenvalue weighted by Gasteiger charge is 2.18. The van der Waals surface area contributed by atoms with Crippen LogP contribution in [0.1, 0.15) is 22.8 Å². The van der Waals surface area contributed by atoms with E-state index in [1.807, 2.05) is 37.3 Å². The van der Waals surface area contributed by atoms with Crippen LogP contribution in [0.5, 0.6) is 5.75 Å². The van der Waals surface area contributed by atoms with Crippen molar-refractivity contribution < 1.29 is 9.84 Å². The van der Waals surface area contributed by atoms with Crippen LogP contribution in [-0.2, 0) is 0 Å². The van der Waals surface area contributed by atoms with Gasteiger partial charge in [-0.2, -0.15) is 0 Å². The first-order valence-electron chi connectivity index (χ1n) is 5.90. The average molecular weight is 465 g/mol. The zero-order chi connectivity index (χ0) is 14.9. The standard InChI is InChI=1S/C15H13Br3O2/c1-8-3-14(20-2)12(7-13(8)18)15(19)9-4-10(16)6-11(17)5-9/h3-7,15,19H,1-2H3. The molecule has 2 aromatic rings. The lowest BCUT2D eigenvalue weighted by Gasteiger charge is -2.17. The van der Waals surface area contributed by atoms with Gasteiger partial charge < -0.3 is 9.84 Å². The number of benzene rings is 2. The number of aryl methyl sites for hydroxylation is 1. The summed E-state index contributed by atoms with van der Waals surface area (Å²) in [6.45, 7) is 1.98. The third kappa shape index (κ3) is 3.45. The van der Waals surface area contributed by atoms with Gasteiger partial charge in [-0.15, -0.1) is 0 Å². The zero-order valence-corrected chi connectivity index (χ0v) is 15.7. The van der Waals surface area contributed by atoms with E-state index < -0.39 is 6.10 Å². The maximum Gasteiger partial charge on any atom is 0.125 e. The summed E-state index contributed by atoms with van der Waals surface area (Å²) in [5, 5.41) is 10.6. The predicted octanol–water partition coefficient (Wildman–Crippen LogP) is 5.37. The molecule has 2 aromatic carbocycles. The quantitative estimate of drug-likeness (QED) is 0.661. The van der Waals surface area contributed by atoms with E-state index in [1.165, 1.54) is 0 Å². The molecule has 106 valence electrons. The van der Waals surface area contributed by atoms with Gasteiger partial charge in [0.05, 0.1) is 7.11 Å². The topological polar surface area (TPSA) is 29.5 Å². The summed E-state index contributed by atoms with van der Waals surface area (Å²) in [6.07, 6.45) is -0.754. The van der Waals surface area contributed by atoms with Crippen molar-refractivity contribution in [1.29, 1.82) is 0 Å². The molecule has 0 aromatic heterocycles. The van der Waals surface area contributed by atoms with E-state index in [-0.39, 0.29) is 0 Å². The summed E-state index contributed by atoms with van der Waals surface area (Å²) in [5.41, 5.74) is 2.59. The van der Waals surface area contributed by atoms with Gasteiger partial charge in [-0.3, -0.25) is 0 Å². The fraction of sp³-hybridized carbons (Fsp3) is 0.200. The van der Waals surface area contributed by atoms with Crippen molar-refractivity contribution in [2.75, 3.05) is 7.11 Å². The van der Waals surface area contributed by atoms with Crippen LogP contribution in [0.15, 0.2) is 43.7 Å². The van der Waals surface area contributed by atoms with E-state index in [0.717, 1.165) is 30.1 Å². The summed E-state index contributed by atoms with van der Waals surface area (Å²) in [4.78, 5) is 0. The Balaban J connectivity index is 2.52. The molecule has 0 bridgehead atoms. The Kier molecular flexibility index (Phi) is 5.29. The molecule has 2 rings (SSSR count). The molecule has 2 nitrogen and oxygen atoms in total. The number of ether oxygens (including phenoxy) is 1. The molecule has 0 spiro atoms. The molecular weight excluding hydrogens is 452 g/mol. The van der Waals surface area contributed by atoms with Crippen molar-refractivity contribution >= 4 is 47.8 Å². The molecule has 1 N–H and O–H groups in total. The Morgan fingerprint density at radius 3 is 2.15 bits per heavy atom. The number of methoxy groups -OCH3 is 1. The molecule has 0 aliphatic rings. The maximum atomic E-state index is 10.6. The minimum absolute atomic E-state index is 0.675. The lowest BCUT2D eigenvalue weighted by Crippen LogP contribution is -2.03. The van der Waals surface area contributed by atoms with Gasteiger partial charge in [-0.25, -0.2) is 0 Å². The van der Waals surface area contributed by atoms with Gasteiger partial charge in [0.25, 0.3) is 0 Å². The molecular formula is C15H13Br3O2. The Hall–Kier alpha value is -0.360. The van der Waals surface area contributed by atoms with Crippen molar-refractivity contribution in [2.45, 2.75) is 13.0 Å². The fourth-order valence-corrected chi connectivity index (χ4v) is 3.66. The summed E-state index contributed by atoms with van der Waals surface area (Å²) in [5.74, 6) is 0.675. The van der Waals surface area contributed by atoms with Crippen LogP contribution in [0.4, 0.5) is 0 Å². The lowest BCUT2D eigenvalue weighted by atomic mass is 9.99. The normalized spacial score (nSPS) is 12.3. The van der Waals surface area contributed by atoms with Crippen molar-refractivity contribution in [2.24, 2.45) is 0 Å². The molecule has 0 radical (unpaired) electrons. The number of hydrogen-bond acceptors (Lipinski definition) is 2. The maximum absolute atomic E-state index is 10.6. The SMILES string of the molecule is COc1cc(C)c(Br)cc1C(O)c1cc(Br)cc(Br)c1. The monoisotopic (exact) mass is 462 g/mol. The zero-order valence-electron chi connectivity index (χ0n) is 11.0. The van der Waals surface area contributed by atoms with Gasteiger partial charge in [0, 0.05) is 19.0 Å². The Bertz CT molecular complexity index is 621. The Morgan fingerprint density at radius 1 is 1.00 bits per heavy atom. The van der Waals surface area contributed by atoms with Crippen molar-refractivity contribution in [1.82, 2.24) is 0 Å². The van der Waals surface area contributed by atoms with E-state index in [9.17, 15) is 5.11 Å². The molecule has 0 heterocycles. The molecule has 0 aliphatic heterocycles. The highest BCUT2D eigenvalue weighted by atomic mass is 79.9. The summed E-state index contributed by atoms with van der Waals surface area (Å²) < 4.78 is 8.14. The Morgan fingerprint density at radius 2 is 1.60 bits per heavy atom. The van der Waals surface area contributed by atoms with Crippen molar-refractivity contribution in [3.8, 4) is 5.75 Å². The second kappa shape index (κ2) is 6.60. The summed E-state index contributed by atoms with van der Waals surface area (Å²) in [6, 6.07) is 9.52. The first-order chi connectivity index (χ1) is 9.42. The second-order valence-electron chi connectivity index (χ2n) is 4.45. The molecule has 0 fully saturated rings. The largest absolute Gasteiger partial charge is 0.496 e. The second-order valence-corrected chi connectivity index (χ2v) is 7.13. The number of aliphatic hydroxyl groups is 1. The first-order valence-corrected chi connectivity index (χ1v) is 8.28.